The quantitative estimate of drug-likeness (QED) is 0.471. The first-order valence-corrected chi connectivity index (χ1v) is 11.0. The number of aromatic carboxylic acids is 1. The highest BCUT2D eigenvalue weighted by Gasteiger charge is 2.23. The molecule has 0 radical (unpaired) electrons. The van der Waals surface area contributed by atoms with E-state index in [1.807, 2.05) is 32.2 Å². The molecule has 0 amide bonds. The van der Waals surface area contributed by atoms with E-state index in [2.05, 4.69) is 32.9 Å². The zero-order chi connectivity index (χ0) is 23.0. The molecule has 0 bridgehead atoms. The summed E-state index contributed by atoms with van der Waals surface area (Å²) in [5.74, 6) is -1.90. The van der Waals surface area contributed by atoms with Gasteiger partial charge in [0.25, 0.3) is 5.56 Å². The van der Waals surface area contributed by atoms with Gasteiger partial charge in [-0.05, 0) is 50.1 Å². The van der Waals surface area contributed by atoms with Crippen LogP contribution in [-0.4, -0.2) is 56.8 Å². The van der Waals surface area contributed by atoms with Crippen LogP contribution in [0.3, 0.4) is 0 Å². The zero-order valence-electron chi connectivity index (χ0n) is 18.7. The molecule has 8 heteroatoms. The van der Waals surface area contributed by atoms with Crippen molar-refractivity contribution < 1.29 is 15.0 Å². The number of aromatic amines is 1. The third-order valence-corrected chi connectivity index (χ3v) is 6.67. The lowest BCUT2D eigenvalue weighted by Gasteiger charge is -2.31. The highest BCUT2D eigenvalue weighted by molar-refractivity contribution is 5.92. The number of hydrogen-bond donors (Lipinski definition) is 4. The van der Waals surface area contributed by atoms with Crippen LogP contribution in [0.2, 0.25) is 0 Å². The van der Waals surface area contributed by atoms with E-state index < -0.39 is 22.8 Å². The minimum absolute atomic E-state index is 0.388. The maximum atomic E-state index is 12.3. The first-order valence-electron chi connectivity index (χ1n) is 11.0. The smallest absolute Gasteiger partial charge is 0.345 e. The van der Waals surface area contributed by atoms with E-state index in [4.69, 9.17) is 0 Å². The van der Waals surface area contributed by atoms with E-state index in [9.17, 15) is 19.8 Å². The number of likely N-dealkylation sites (tertiary alicyclic amines) is 1. The van der Waals surface area contributed by atoms with Crippen molar-refractivity contribution in [3.63, 3.8) is 0 Å². The summed E-state index contributed by atoms with van der Waals surface area (Å²) in [6, 6.07) is 8.64. The Morgan fingerprint density at radius 3 is 2.59 bits per heavy atom. The summed E-state index contributed by atoms with van der Waals surface area (Å²) in [6.07, 6.45) is 2.68. The molecular weight excluding hydrogens is 408 g/mol. The van der Waals surface area contributed by atoms with Crippen molar-refractivity contribution >= 4 is 16.9 Å². The van der Waals surface area contributed by atoms with Gasteiger partial charge in [0.05, 0.1) is 5.69 Å². The van der Waals surface area contributed by atoms with Gasteiger partial charge in [-0.15, -0.1) is 0 Å². The number of hydrogen-bond acceptors (Lipinski definition) is 5. The fraction of sp³-hybridized carbons (Fsp3) is 0.417. The number of aryl methyl sites for hydroxylation is 1. The zero-order valence-corrected chi connectivity index (χ0v) is 18.7. The van der Waals surface area contributed by atoms with Gasteiger partial charge in [-0.1, -0.05) is 13.0 Å². The summed E-state index contributed by atoms with van der Waals surface area (Å²) in [6.45, 7) is 4.82. The molecule has 3 aromatic rings. The monoisotopic (exact) mass is 438 g/mol. The van der Waals surface area contributed by atoms with Crippen molar-refractivity contribution in [2.75, 3.05) is 20.1 Å². The topological polar surface area (TPSA) is 111 Å². The second-order valence-corrected chi connectivity index (χ2v) is 8.50. The minimum atomic E-state index is -1.44. The summed E-state index contributed by atoms with van der Waals surface area (Å²) in [4.78, 5) is 28.9. The molecule has 0 atom stereocenters. The Kier molecular flexibility index (Phi) is 6.08. The number of benzene rings is 1. The van der Waals surface area contributed by atoms with Crippen LogP contribution in [0.15, 0.2) is 29.1 Å². The largest absolute Gasteiger partial charge is 0.506 e. The van der Waals surface area contributed by atoms with Crippen LogP contribution in [0.1, 0.15) is 41.4 Å². The van der Waals surface area contributed by atoms with Crippen LogP contribution >= 0.6 is 0 Å². The molecule has 170 valence electrons. The van der Waals surface area contributed by atoms with Gasteiger partial charge in [0, 0.05) is 54.9 Å². The Bertz CT molecular complexity index is 1220. The number of pyridine rings is 1. The number of carboxylic acid groups (broad SMARTS) is 1. The van der Waals surface area contributed by atoms with E-state index in [-0.39, 0.29) is 0 Å². The molecule has 0 spiro atoms. The molecule has 4 rings (SSSR count). The number of nitrogens with zero attached hydrogens (tertiary/aromatic N) is 2. The number of carbonyl (C=O) groups is 1. The maximum Gasteiger partial charge on any atom is 0.345 e. The van der Waals surface area contributed by atoms with Crippen LogP contribution in [0, 0.1) is 0 Å². The van der Waals surface area contributed by atoms with Crippen molar-refractivity contribution in [2.45, 2.75) is 38.8 Å². The molecule has 0 unspecified atom stereocenters. The van der Waals surface area contributed by atoms with Crippen LogP contribution in [0.4, 0.5) is 0 Å². The molecule has 4 N–H and O–H groups in total. The Morgan fingerprint density at radius 1 is 1.25 bits per heavy atom. The molecule has 1 aliphatic rings. The van der Waals surface area contributed by atoms with E-state index >= 15 is 0 Å². The number of rotatable bonds is 6. The molecule has 2 aromatic heterocycles. The molecule has 1 aliphatic heterocycles. The summed E-state index contributed by atoms with van der Waals surface area (Å²) in [5.41, 5.74) is 2.50. The Hall–Kier alpha value is -3.10. The fourth-order valence-electron chi connectivity index (χ4n) is 4.74. The van der Waals surface area contributed by atoms with Crippen LogP contribution in [-0.2, 0) is 20.0 Å². The number of carboxylic acids is 1. The molecule has 1 fully saturated rings. The summed E-state index contributed by atoms with van der Waals surface area (Å²) < 4.78 is 2.19. The van der Waals surface area contributed by atoms with Gasteiger partial charge < -0.3 is 25.1 Å². The molecule has 0 saturated carbocycles. The second-order valence-electron chi connectivity index (χ2n) is 8.50. The van der Waals surface area contributed by atoms with Crippen molar-refractivity contribution in [3.05, 3.63) is 51.4 Å². The lowest BCUT2D eigenvalue weighted by Crippen LogP contribution is -2.40. The van der Waals surface area contributed by atoms with Gasteiger partial charge in [-0.25, -0.2) is 4.79 Å². The van der Waals surface area contributed by atoms with E-state index in [1.165, 1.54) is 5.69 Å². The second kappa shape index (κ2) is 8.80. The third-order valence-electron chi connectivity index (χ3n) is 6.67. The molecule has 3 heterocycles. The predicted octanol–water partition coefficient (Wildman–Crippen LogP) is 2.68. The van der Waals surface area contributed by atoms with E-state index in [0.717, 1.165) is 48.9 Å². The van der Waals surface area contributed by atoms with Gasteiger partial charge in [-0.2, -0.15) is 0 Å². The molecule has 32 heavy (non-hydrogen) atoms. The molecule has 0 aliphatic carbocycles. The third kappa shape index (κ3) is 3.91. The van der Waals surface area contributed by atoms with Gasteiger partial charge >= 0.3 is 5.97 Å². The van der Waals surface area contributed by atoms with Crippen molar-refractivity contribution in [3.8, 4) is 17.0 Å². The minimum Gasteiger partial charge on any atom is -0.506 e. The average molecular weight is 439 g/mol. The Labute approximate surface area is 186 Å². The predicted molar refractivity (Wildman–Crippen MR) is 124 cm³/mol. The Morgan fingerprint density at radius 2 is 1.97 bits per heavy atom. The Balaban J connectivity index is 1.69. The molecular formula is C24H30N4O4. The van der Waals surface area contributed by atoms with Crippen molar-refractivity contribution in [1.29, 1.82) is 0 Å². The summed E-state index contributed by atoms with van der Waals surface area (Å²) >= 11 is 0. The van der Waals surface area contributed by atoms with Crippen LogP contribution in [0.25, 0.3) is 22.2 Å². The average Bonchev–Trinajstić information content (AvgIpc) is 3.08. The van der Waals surface area contributed by atoms with Crippen LogP contribution < -0.4 is 10.9 Å². The standard InChI is InChI=1S/C24H30N4O4/c1-4-18-21(26-23(30)20(22(18)29)24(31)32)14-5-6-19-15(11-14)12-17(27(19)3)13-28-9-7-16(25-2)8-10-28/h5-6,11-12,16,25H,4,7-10,13H2,1-3H3,(H,31,32)(H2,26,29,30). The highest BCUT2D eigenvalue weighted by Crippen LogP contribution is 2.32. The number of aromatic hydroxyl groups is 1. The number of fused-ring (bicyclic) bond motifs is 1. The molecule has 1 saturated heterocycles. The number of nitrogens with one attached hydrogen (secondary N) is 2. The van der Waals surface area contributed by atoms with E-state index in [1.54, 1.807) is 0 Å². The number of piperidine rings is 1. The van der Waals surface area contributed by atoms with Crippen molar-refractivity contribution in [2.24, 2.45) is 7.05 Å². The van der Waals surface area contributed by atoms with Gasteiger partial charge in [-0.3, -0.25) is 9.69 Å². The normalized spacial score (nSPS) is 15.5. The van der Waals surface area contributed by atoms with Gasteiger partial charge in [0.2, 0.25) is 0 Å². The SMILES string of the molecule is CCc1c(-c2ccc3c(c2)cc(CN2CCC(NC)CC2)n3C)[nH]c(=O)c(C(=O)O)c1O. The van der Waals surface area contributed by atoms with Crippen molar-refractivity contribution in [1.82, 2.24) is 19.8 Å². The van der Waals surface area contributed by atoms with Gasteiger partial charge in [0.15, 0.2) is 5.56 Å². The summed E-state index contributed by atoms with van der Waals surface area (Å²) in [5, 5.41) is 24.1. The molecule has 1 aromatic carbocycles. The lowest BCUT2D eigenvalue weighted by molar-refractivity contribution is 0.0691. The number of aromatic nitrogens is 2. The fourth-order valence-corrected chi connectivity index (χ4v) is 4.74. The highest BCUT2D eigenvalue weighted by atomic mass is 16.4. The first-order chi connectivity index (χ1) is 15.3. The van der Waals surface area contributed by atoms with E-state index in [0.29, 0.717) is 23.7 Å². The van der Waals surface area contributed by atoms with Crippen LogP contribution in [0.5, 0.6) is 5.75 Å². The lowest BCUT2D eigenvalue weighted by atomic mass is 9.99. The molecule has 8 nitrogen and oxygen atoms in total. The maximum absolute atomic E-state index is 12.3. The first kappa shape index (κ1) is 22.1. The van der Waals surface area contributed by atoms with Gasteiger partial charge in [0.1, 0.15) is 5.75 Å². The summed E-state index contributed by atoms with van der Waals surface area (Å²) in [7, 11) is 4.08. The number of H-pyrrole nitrogens is 1.